The van der Waals surface area contributed by atoms with Gasteiger partial charge >= 0.3 is 0 Å². The summed E-state index contributed by atoms with van der Waals surface area (Å²) in [6.45, 7) is 0.863. The minimum atomic E-state index is 0.294. The van der Waals surface area contributed by atoms with Crippen LogP contribution in [0.2, 0.25) is 0 Å². The van der Waals surface area contributed by atoms with Gasteiger partial charge in [-0.05, 0) is 32.0 Å². The fourth-order valence-corrected chi connectivity index (χ4v) is 1.78. The van der Waals surface area contributed by atoms with Gasteiger partial charge in [0.2, 0.25) is 0 Å². The summed E-state index contributed by atoms with van der Waals surface area (Å²) in [6.07, 6.45) is 10.8. The van der Waals surface area contributed by atoms with Gasteiger partial charge in [0.1, 0.15) is 0 Å². The highest BCUT2D eigenvalue weighted by atomic mass is 15.2. The first kappa shape index (κ1) is 10.2. The second-order valence-electron chi connectivity index (χ2n) is 3.81. The summed E-state index contributed by atoms with van der Waals surface area (Å²) in [4.78, 5) is 4.29. The lowest BCUT2D eigenvalue weighted by Gasteiger charge is -2.26. The predicted molar refractivity (Wildman–Crippen MR) is 62.7 cm³/mol. The van der Waals surface area contributed by atoms with E-state index in [2.05, 4.69) is 33.1 Å². The van der Waals surface area contributed by atoms with Gasteiger partial charge in [-0.1, -0.05) is 6.08 Å². The zero-order valence-corrected chi connectivity index (χ0v) is 9.03. The molecule has 0 spiro atoms. The van der Waals surface area contributed by atoms with Crippen molar-refractivity contribution in [2.75, 3.05) is 13.6 Å². The standard InChI is InChI=1S/C11H18N4/c1-12-10-5-2-6-11(15-10)14-8-9-4-3-7-13-9/h3-4,6-7,9-10,12,14-15H,2,5,8H2,1H3. The molecule has 0 radical (unpaired) electrons. The smallest absolute Gasteiger partial charge is 0.0958 e. The van der Waals surface area contributed by atoms with Crippen LogP contribution in [0, 0.1) is 0 Å². The van der Waals surface area contributed by atoms with Gasteiger partial charge < -0.3 is 16.0 Å². The molecule has 82 valence electrons. The molecule has 2 aliphatic heterocycles. The molecule has 4 heteroatoms. The third-order valence-corrected chi connectivity index (χ3v) is 2.68. The highest BCUT2D eigenvalue weighted by Crippen LogP contribution is 2.06. The van der Waals surface area contributed by atoms with Crippen LogP contribution in [0.4, 0.5) is 0 Å². The lowest BCUT2D eigenvalue weighted by molar-refractivity contribution is 0.429. The average molecular weight is 206 g/mol. The van der Waals surface area contributed by atoms with E-state index in [1.54, 1.807) is 0 Å². The maximum Gasteiger partial charge on any atom is 0.0958 e. The molecule has 4 nitrogen and oxygen atoms in total. The number of hydrogen-bond acceptors (Lipinski definition) is 4. The Balaban J connectivity index is 1.76. The van der Waals surface area contributed by atoms with E-state index in [-0.39, 0.29) is 0 Å². The van der Waals surface area contributed by atoms with Crippen molar-refractivity contribution in [3.63, 3.8) is 0 Å². The van der Waals surface area contributed by atoms with Gasteiger partial charge in [0.05, 0.1) is 18.0 Å². The number of nitrogens with one attached hydrogen (secondary N) is 3. The molecule has 2 rings (SSSR count). The van der Waals surface area contributed by atoms with E-state index in [9.17, 15) is 0 Å². The van der Waals surface area contributed by atoms with Crippen molar-refractivity contribution in [1.29, 1.82) is 0 Å². The molecule has 0 aromatic rings. The summed E-state index contributed by atoms with van der Waals surface area (Å²) in [5.41, 5.74) is 0. The monoisotopic (exact) mass is 206 g/mol. The van der Waals surface area contributed by atoms with Crippen LogP contribution in [0.3, 0.4) is 0 Å². The van der Waals surface area contributed by atoms with Gasteiger partial charge in [0.15, 0.2) is 0 Å². The average Bonchev–Trinajstić information content (AvgIpc) is 2.79. The summed E-state index contributed by atoms with van der Waals surface area (Å²) in [6, 6.07) is 0.294. The van der Waals surface area contributed by atoms with E-state index < -0.39 is 0 Å². The van der Waals surface area contributed by atoms with E-state index in [4.69, 9.17) is 0 Å². The maximum absolute atomic E-state index is 4.29. The van der Waals surface area contributed by atoms with Gasteiger partial charge in [-0.2, -0.15) is 0 Å². The predicted octanol–water partition coefficient (Wildman–Crippen LogP) is 0.355. The summed E-state index contributed by atoms with van der Waals surface area (Å²) < 4.78 is 0. The lowest BCUT2D eigenvalue weighted by Crippen LogP contribution is -2.45. The zero-order valence-electron chi connectivity index (χ0n) is 9.03. The Hall–Kier alpha value is -1.29. The molecule has 15 heavy (non-hydrogen) atoms. The maximum atomic E-state index is 4.29. The van der Waals surface area contributed by atoms with Crippen molar-refractivity contribution in [3.05, 3.63) is 24.0 Å². The Morgan fingerprint density at radius 1 is 1.60 bits per heavy atom. The highest BCUT2D eigenvalue weighted by molar-refractivity contribution is 5.74. The minimum Gasteiger partial charge on any atom is -0.370 e. The molecular weight excluding hydrogens is 188 g/mol. The topological polar surface area (TPSA) is 48.5 Å². The highest BCUT2D eigenvalue weighted by Gasteiger charge is 2.12. The number of allylic oxidation sites excluding steroid dienone is 2. The van der Waals surface area contributed by atoms with Gasteiger partial charge in [-0.3, -0.25) is 4.99 Å². The molecular formula is C11H18N4. The first-order valence-electron chi connectivity index (χ1n) is 5.46. The SMILES string of the molecule is CNC1CCC=C(NCC2C=CC=N2)N1. The second kappa shape index (κ2) is 4.98. The Morgan fingerprint density at radius 3 is 3.27 bits per heavy atom. The summed E-state index contributed by atoms with van der Waals surface area (Å²) >= 11 is 0. The molecule has 0 aliphatic carbocycles. The third-order valence-electron chi connectivity index (χ3n) is 2.68. The molecule has 2 unspecified atom stereocenters. The normalized spacial score (nSPS) is 28.7. The number of rotatable bonds is 4. The number of nitrogens with zero attached hydrogens (tertiary/aromatic N) is 1. The van der Waals surface area contributed by atoms with Gasteiger partial charge in [0.25, 0.3) is 0 Å². The van der Waals surface area contributed by atoms with E-state index >= 15 is 0 Å². The van der Waals surface area contributed by atoms with E-state index in [1.165, 1.54) is 0 Å². The molecule has 2 atom stereocenters. The van der Waals surface area contributed by atoms with E-state index in [1.807, 2.05) is 19.3 Å². The third kappa shape index (κ3) is 2.83. The van der Waals surface area contributed by atoms with Gasteiger partial charge in [-0.25, -0.2) is 0 Å². The van der Waals surface area contributed by atoms with Gasteiger partial charge in [-0.15, -0.1) is 0 Å². The molecule has 0 aromatic heterocycles. The van der Waals surface area contributed by atoms with Crippen molar-refractivity contribution in [1.82, 2.24) is 16.0 Å². The molecule has 2 aliphatic rings. The van der Waals surface area contributed by atoms with E-state index in [0.717, 1.165) is 25.2 Å². The first-order valence-corrected chi connectivity index (χ1v) is 5.46. The fraction of sp³-hybridized carbons (Fsp3) is 0.545. The molecule has 0 amide bonds. The summed E-state index contributed by atoms with van der Waals surface area (Å²) in [5, 5.41) is 9.99. The van der Waals surface area contributed by atoms with Crippen molar-refractivity contribution in [2.24, 2.45) is 4.99 Å². The first-order chi connectivity index (χ1) is 7.38. The van der Waals surface area contributed by atoms with Crippen LogP contribution in [-0.4, -0.2) is 32.0 Å². The Labute approximate surface area is 90.5 Å². The number of aliphatic imine (C=N–C) groups is 1. The van der Waals surface area contributed by atoms with E-state index in [0.29, 0.717) is 12.2 Å². The molecule has 0 saturated heterocycles. The molecule has 0 bridgehead atoms. The second-order valence-corrected chi connectivity index (χ2v) is 3.81. The van der Waals surface area contributed by atoms with Crippen molar-refractivity contribution in [3.8, 4) is 0 Å². The van der Waals surface area contributed by atoms with Crippen LogP contribution in [-0.2, 0) is 0 Å². The lowest BCUT2D eigenvalue weighted by atomic mass is 10.2. The Bertz CT molecular complexity index is 281. The number of hydrogen-bond donors (Lipinski definition) is 3. The van der Waals surface area contributed by atoms with Crippen molar-refractivity contribution in [2.45, 2.75) is 25.0 Å². The Kier molecular flexibility index (Phi) is 3.40. The molecule has 0 fully saturated rings. The van der Waals surface area contributed by atoms with Gasteiger partial charge in [0, 0.05) is 12.8 Å². The van der Waals surface area contributed by atoms with Crippen molar-refractivity contribution < 1.29 is 0 Å². The Morgan fingerprint density at radius 2 is 2.53 bits per heavy atom. The van der Waals surface area contributed by atoms with Crippen LogP contribution >= 0.6 is 0 Å². The van der Waals surface area contributed by atoms with Crippen LogP contribution in [0.1, 0.15) is 12.8 Å². The largest absolute Gasteiger partial charge is 0.370 e. The fourth-order valence-electron chi connectivity index (χ4n) is 1.78. The van der Waals surface area contributed by atoms with Crippen LogP contribution in [0.15, 0.2) is 29.0 Å². The minimum absolute atomic E-state index is 0.294. The zero-order chi connectivity index (χ0) is 10.5. The van der Waals surface area contributed by atoms with Crippen molar-refractivity contribution >= 4 is 6.21 Å². The van der Waals surface area contributed by atoms with Crippen LogP contribution < -0.4 is 16.0 Å². The molecule has 0 saturated carbocycles. The quantitative estimate of drug-likeness (QED) is 0.622. The summed E-state index contributed by atoms with van der Waals surface area (Å²) in [7, 11) is 1.98. The van der Waals surface area contributed by atoms with Crippen LogP contribution in [0.5, 0.6) is 0 Å². The molecule has 0 aromatic carbocycles. The molecule has 2 heterocycles. The molecule has 3 N–H and O–H groups in total. The summed E-state index contributed by atoms with van der Waals surface area (Å²) in [5.74, 6) is 1.12. The van der Waals surface area contributed by atoms with Crippen LogP contribution in [0.25, 0.3) is 0 Å².